The van der Waals surface area contributed by atoms with Gasteiger partial charge in [0.05, 0.1) is 11.6 Å². The highest BCUT2D eigenvalue weighted by Gasteiger charge is 2.20. The largest absolute Gasteiger partial charge is 0.381 e. The van der Waals surface area contributed by atoms with Crippen molar-refractivity contribution in [3.63, 3.8) is 0 Å². The summed E-state index contributed by atoms with van der Waals surface area (Å²) in [5.41, 5.74) is 1.81. The fourth-order valence-electron chi connectivity index (χ4n) is 2.93. The second kappa shape index (κ2) is 6.96. The average Bonchev–Trinajstić information content (AvgIpc) is 2.43. The van der Waals surface area contributed by atoms with E-state index < -0.39 is 0 Å². The number of rotatable bonds is 4. The molecular weight excluding hydrogens is 300 g/mol. The monoisotopic (exact) mass is 320 g/mol. The minimum Gasteiger partial charge on any atom is -0.381 e. The van der Waals surface area contributed by atoms with Crippen molar-refractivity contribution in [3.05, 3.63) is 28.2 Å². The Morgan fingerprint density at radius 3 is 2.63 bits per heavy atom. The summed E-state index contributed by atoms with van der Waals surface area (Å²) in [6, 6.07) is 8.49. The summed E-state index contributed by atoms with van der Waals surface area (Å²) >= 11 is 3.54. The number of nitrogens with zero attached hydrogens (tertiary/aromatic N) is 1. The fourth-order valence-corrected chi connectivity index (χ4v) is 3.42. The molecule has 0 unspecified atom stereocenters. The molecule has 0 spiro atoms. The summed E-state index contributed by atoms with van der Waals surface area (Å²) in [5, 5.41) is 12.5. The quantitative estimate of drug-likeness (QED) is 0.838. The van der Waals surface area contributed by atoms with Crippen LogP contribution in [0.15, 0.2) is 22.7 Å². The van der Waals surface area contributed by atoms with E-state index in [1.165, 1.54) is 38.5 Å². The van der Waals surface area contributed by atoms with E-state index in [0.717, 1.165) is 16.1 Å². The molecule has 19 heavy (non-hydrogen) atoms. The van der Waals surface area contributed by atoms with Gasteiger partial charge < -0.3 is 5.32 Å². The molecule has 1 aliphatic rings. The molecular formula is C16H21BrN2. The van der Waals surface area contributed by atoms with Crippen molar-refractivity contribution in [3.8, 4) is 6.07 Å². The maximum Gasteiger partial charge on any atom is 0.0992 e. The third-order valence-corrected chi connectivity index (χ3v) is 4.66. The number of anilines is 1. The van der Waals surface area contributed by atoms with E-state index in [1.54, 1.807) is 0 Å². The van der Waals surface area contributed by atoms with Gasteiger partial charge >= 0.3 is 0 Å². The van der Waals surface area contributed by atoms with Crippen LogP contribution in [0, 0.1) is 17.2 Å². The van der Waals surface area contributed by atoms with Crippen LogP contribution in [-0.4, -0.2) is 6.04 Å². The first-order valence-corrected chi connectivity index (χ1v) is 7.98. The van der Waals surface area contributed by atoms with Crippen molar-refractivity contribution in [2.24, 2.45) is 5.92 Å². The van der Waals surface area contributed by atoms with Gasteiger partial charge in [-0.3, -0.25) is 0 Å². The third-order valence-electron chi connectivity index (χ3n) is 4.00. The number of hydrogen-bond acceptors (Lipinski definition) is 2. The molecule has 1 aromatic rings. The summed E-state index contributed by atoms with van der Waals surface area (Å²) in [7, 11) is 0. The Labute approximate surface area is 124 Å². The summed E-state index contributed by atoms with van der Waals surface area (Å²) in [6.45, 7) is 2.28. The highest BCUT2D eigenvalue weighted by Crippen LogP contribution is 2.31. The second-order valence-corrected chi connectivity index (χ2v) is 6.31. The second-order valence-electron chi connectivity index (χ2n) is 5.46. The van der Waals surface area contributed by atoms with Gasteiger partial charge in [0, 0.05) is 16.2 Å². The molecule has 0 bridgehead atoms. The van der Waals surface area contributed by atoms with E-state index in [4.69, 9.17) is 5.26 Å². The average molecular weight is 321 g/mol. The van der Waals surface area contributed by atoms with E-state index in [9.17, 15) is 0 Å². The molecule has 3 heteroatoms. The summed E-state index contributed by atoms with van der Waals surface area (Å²) in [5.74, 6) is 0.937. The van der Waals surface area contributed by atoms with Crippen LogP contribution in [-0.2, 0) is 0 Å². The molecule has 0 atom stereocenters. The minimum absolute atomic E-state index is 0.581. The molecule has 1 saturated carbocycles. The molecule has 102 valence electrons. The third kappa shape index (κ3) is 3.98. The predicted molar refractivity (Wildman–Crippen MR) is 83.1 cm³/mol. The fraction of sp³-hybridized carbons (Fsp3) is 0.562. The van der Waals surface area contributed by atoms with Gasteiger partial charge in [0.15, 0.2) is 0 Å². The smallest absolute Gasteiger partial charge is 0.0992 e. The molecule has 0 aromatic heterocycles. The van der Waals surface area contributed by atoms with Crippen LogP contribution >= 0.6 is 15.9 Å². The van der Waals surface area contributed by atoms with Gasteiger partial charge in [0.1, 0.15) is 0 Å². The molecule has 0 aliphatic heterocycles. The number of hydrogen-bond donors (Lipinski definition) is 1. The van der Waals surface area contributed by atoms with Crippen molar-refractivity contribution < 1.29 is 0 Å². The van der Waals surface area contributed by atoms with Crippen LogP contribution in [0.3, 0.4) is 0 Å². The molecule has 2 nitrogen and oxygen atoms in total. The zero-order valence-corrected chi connectivity index (χ0v) is 13.0. The van der Waals surface area contributed by atoms with Crippen LogP contribution in [0.2, 0.25) is 0 Å². The van der Waals surface area contributed by atoms with Crippen molar-refractivity contribution in [1.82, 2.24) is 0 Å². The molecule has 1 fully saturated rings. The first-order valence-electron chi connectivity index (χ1n) is 7.19. The van der Waals surface area contributed by atoms with Crippen molar-refractivity contribution >= 4 is 21.6 Å². The van der Waals surface area contributed by atoms with Crippen LogP contribution in [0.1, 0.15) is 51.0 Å². The van der Waals surface area contributed by atoms with Gasteiger partial charge in [-0.15, -0.1) is 0 Å². The van der Waals surface area contributed by atoms with Crippen LogP contribution in [0.5, 0.6) is 0 Å². The van der Waals surface area contributed by atoms with Gasteiger partial charge in [-0.25, -0.2) is 0 Å². The maximum atomic E-state index is 8.86. The van der Waals surface area contributed by atoms with Gasteiger partial charge in [-0.05, 0) is 65.7 Å². The first kappa shape index (κ1) is 14.4. The topological polar surface area (TPSA) is 35.8 Å². The first-order chi connectivity index (χ1) is 9.22. The summed E-state index contributed by atoms with van der Waals surface area (Å²) in [4.78, 5) is 0. The van der Waals surface area contributed by atoms with Gasteiger partial charge in [-0.2, -0.15) is 5.26 Å². The van der Waals surface area contributed by atoms with Gasteiger partial charge in [-0.1, -0.05) is 19.8 Å². The number of nitriles is 1. The Hall–Kier alpha value is -1.01. The molecule has 0 saturated heterocycles. The van der Waals surface area contributed by atoms with Gasteiger partial charge in [0.25, 0.3) is 0 Å². The molecule has 0 radical (unpaired) electrons. The standard InChI is InChI=1S/C16H21BrN2/c1-2-3-12-4-7-14(8-5-12)19-16-9-6-13(11-18)10-15(16)17/h6,9-10,12,14,19H,2-5,7-8H2,1H3. The lowest BCUT2D eigenvalue weighted by Crippen LogP contribution is -2.26. The molecule has 0 amide bonds. The Morgan fingerprint density at radius 2 is 2.05 bits per heavy atom. The van der Waals surface area contributed by atoms with Crippen molar-refractivity contribution in [2.75, 3.05) is 5.32 Å². The normalized spacial score (nSPS) is 22.8. The Balaban J connectivity index is 1.91. The van der Waals surface area contributed by atoms with E-state index in [2.05, 4.69) is 34.2 Å². The molecule has 1 aliphatic carbocycles. The Bertz CT molecular complexity index is 456. The lowest BCUT2D eigenvalue weighted by molar-refractivity contribution is 0.319. The van der Waals surface area contributed by atoms with Crippen LogP contribution in [0.4, 0.5) is 5.69 Å². The van der Waals surface area contributed by atoms with E-state index in [0.29, 0.717) is 11.6 Å². The zero-order chi connectivity index (χ0) is 13.7. The predicted octanol–water partition coefficient (Wildman–Crippen LogP) is 5.09. The minimum atomic E-state index is 0.581. The number of benzene rings is 1. The Morgan fingerprint density at radius 1 is 1.32 bits per heavy atom. The van der Waals surface area contributed by atoms with Crippen molar-refractivity contribution in [1.29, 1.82) is 5.26 Å². The number of halogens is 1. The molecule has 2 rings (SSSR count). The number of nitrogens with one attached hydrogen (secondary N) is 1. The van der Waals surface area contributed by atoms with E-state index in [-0.39, 0.29) is 0 Å². The zero-order valence-electron chi connectivity index (χ0n) is 11.5. The van der Waals surface area contributed by atoms with Crippen molar-refractivity contribution in [2.45, 2.75) is 51.5 Å². The van der Waals surface area contributed by atoms with Crippen LogP contribution < -0.4 is 5.32 Å². The lowest BCUT2D eigenvalue weighted by atomic mass is 9.83. The molecule has 0 heterocycles. The molecule has 1 aromatic carbocycles. The summed E-state index contributed by atoms with van der Waals surface area (Å²) < 4.78 is 0.988. The van der Waals surface area contributed by atoms with Gasteiger partial charge in [0.2, 0.25) is 0 Å². The van der Waals surface area contributed by atoms with E-state index >= 15 is 0 Å². The van der Waals surface area contributed by atoms with E-state index in [1.807, 2.05) is 18.2 Å². The highest BCUT2D eigenvalue weighted by atomic mass is 79.9. The maximum absolute atomic E-state index is 8.86. The molecule has 1 N–H and O–H groups in total. The lowest BCUT2D eigenvalue weighted by Gasteiger charge is -2.30. The Kier molecular flexibility index (Phi) is 5.27. The SMILES string of the molecule is CCCC1CCC(Nc2ccc(C#N)cc2Br)CC1. The van der Waals surface area contributed by atoms with Crippen LogP contribution in [0.25, 0.3) is 0 Å². The summed E-state index contributed by atoms with van der Waals surface area (Å²) in [6.07, 6.45) is 7.91. The highest BCUT2D eigenvalue weighted by molar-refractivity contribution is 9.10.